The van der Waals surface area contributed by atoms with Gasteiger partial charge in [-0.05, 0) is 65.7 Å². The number of fused-ring (bicyclic) bond motifs is 2. The van der Waals surface area contributed by atoms with Gasteiger partial charge in [-0.15, -0.1) is 0 Å². The largest absolute Gasteiger partial charge is 0.454 e. The van der Waals surface area contributed by atoms with Gasteiger partial charge in [0.15, 0.2) is 5.76 Å². The predicted octanol–water partition coefficient (Wildman–Crippen LogP) is 2.55. The Bertz CT molecular complexity index is 865. The second kappa shape index (κ2) is 7.08. The van der Waals surface area contributed by atoms with Crippen molar-refractivity contribution >= 4 is 27.7 Å². The van der Waals surface area contributed by atoms with Crippen molar-refractivity contribution in [2.75, 3.05) is 7.05 Å². The van der Waals surface area contributed by atoms with Crippen LogP contribution in [0.3, 0.4) is 0 Å². The number of rotatable bonds is 5. The van der Waals surface area contributed by atoms with Gasteiger partial charge < -0.3 is 24.7 Å². The normalized spacial score (nSPS) is 24.9. The summed E-state index contributed by atoms with van der Waals surface area (Å²) in [6.07, 6.45) is 5.84. The number of hydrogen-bond acceptors (Lipinski definition) is 6. The van der Waals surface area contributed by atoms with E-state index in [1.807, 2.05) is 0 Å². The quantitative estimate of drug-likeness (QED) is 0.568. The van der Waals surface area contributed by atoms with Crippen LogP contribution in [0.15, 0.2) is 27.2 Å². The number of nitrogens with zero attached hydrogens (tertiary/aromatic N) is 4. The first-order valence-corrected chi connectivity index (χ1v) is 9.69. The van der Waals surface area contributed by atoms with Crippen molar-refractivity contribution in [1.82, 2.24) is 20.0 Å². The lowest BCUT2D eigenvalue weighted by Crippen LogP contribution is -2.48. The van der Waals surface area contributed by atoms with Crippen molar-refractivity contribution in [2.45, 2.75) is 50.4 Å². The van der Waals surface area contributed by atoms with Gasteiger partial charge in [0.25, 0.3) is 5.91 Å². The molecule has 4 heterocycles. The highest BCUT2D eigenvalue weighted by Gasteiger charge is 2.39. The average Bonchev–Trinajstić information content (AvgIpc) is 3.26. The van der Waals surface area contributed by atoms with Gasteiger partial charge in [0, 0.05) is 18.1 Å². The predicted molar refractivity (Wildman–Crippen MR) is 99.5 cm³/mol. The van der Waals surface area contributed by atoms with Gasteiger partial charge in [-0.1, -0.05) is 0 Å². The van der Waals surface area contributed by atoms with Crippen molar-refractivity contribution in [2.24, 2.45) is 0 Å². The van der Waals surface area contributed by atoms with E-state index in [1.54, 1.807) is 12.1 Å². The highest BCUT2D eigenvalue weighted by molar-refractivity contribution is 9.10. The third-order valence-electron chi connectivity index (χ3n) is 5.51. The molecule has 27 heavy (non-hydrogen) atoms. The molecule has 2 aromatic heterocycles. The van der Waals surface area contributed by atoms with Gasteiger partial charge in [0.2, 0.25) is 0 Å². The number of carbonyl (C=O) groups excluding carboxylic acids is 1. The molecule has 0 spiro atoms. The molecular weight excluding hydrogens is 418 g/mol. The molecule has 4 rings (SSSR count). The number of nitro groups is 1. The summed E-state index contributed by atoms with van der Waals surface area (Å²) in [4.78, 5) is 25.2. The Kier molecular flexibility index (Phi) is 4.77. The summed E-state index contributed by atoms with van der Waals surface area (Å²) in [5.41, 5.74) is 0. The van der Waals surface area contributed by atoms with Crippen LogP contribution in [-0.2, 0) is 6.54 Å². The molecule has 9 nitrogen and oxygen atoms in total. The van der Waals surface area contributed by atoms with Gasteiger partial charge in [0.05, 0.1) is 11.3 Å². The molecule has 2 aliphatic heterocycles. The van der Waals surface area contributed by atoms with E-state index >= 15 is 0 Å². The Labute approximate surface area is 164 Å². The molecule has 1 amide bonds. The minimum Gasteiger partial charge on any atom is -0.454 e. The molecule has 0 aromatic carbocycles. The molecule has 2 saturated heterocycles. The zero-order valence-corrected chi connectivity index (χ0v) is 16.4. The van der Waals surface area contributed by atoms with E-state index < -0.39 is 4.92 Å². The molecule has 0 radical (unpaired) electrons. The number of halogens is 1. The highest BCUT2D eigenvalue weighted by atomic mass is 79.9. The summed E-state index contributed by atoms with van der Waals surface area (Å²) < 4.78 is 7.32. The SMILES string of the molecule is CN1C2CCC1CC(NC(=O)c1ccc(Cn3cc(Br)c([N+](=O)[O-])n3)o1)C2. The summed E-state index contributed by atoms with van der Waals surface area (Å²) in [5, 5.41) is 17.8. The molecule has 1 N–H and O–H groups in total. The van der Waals surface area contributed by atoms with Gasteiger partial charge in [-0.2, -0.15) is 4.68 Å². The number of piperidine rings is 1. The zero-order valence-electron chi connectivity index (χ0n) is 14.8. The first kappa shape index (κ1) is 18.2. The van der Waals surface area contributed by atoms with E-state index in [0.717, 1.165) is 12.8 Å². The van der Waals surface area contributed by atoms with Gasteiger partial charge in [0.1, 0.15) is 16.8 Å². The van der Waals surface area contributed by atoms with E-state index in [9.17, 15) is 14.9 Å². The van der Waals surface area contributed by atoms with Gasteiger partial charge in [-0.3, -0.25) is 4.79 Å². The summed E-state index contributed by atoms with van der Waals surface area (Å²) in [6.45, 7) is 0.206. The third-order valence-corrected chi connectivity index (χ3v) is 6.07. The molecule has 10 heteroatoms. The Morgan fingerprint density at radius 1 is 1.41 bits per heavy atom. The molecule has 0 saturated carbocycles. The summed E-state index contributed by atoms with van der Waals surface area (Å²) in [5.74, 6) is 0.282. The third kappa shape index (κ3) is 3.63. The minimum atomic E-state index is -0.559. The molecule has 144 valence electrons. The molecular formula is C17H20BrN5O4. The fourth-order valence-electron chi connectivity index (χ4n) is 4.12. The second-order valence-electron chi connectivity index (χ2n) is 7.21. The van der Waals surface area contributed by atoms with Crippen molar-refractivity contribution < 1.29 is 14.1 Å². The van der Waals surface area contributed by atoms with E-state index in [0.29, 0.717) is 22.3 Å². The average molecular weight is 438 g/mol. The van der Waals surface area contributed by atoms with Crippen LogP contribution in [0.1, 0.15) is 42.0 Å². The summed E-state index contributed by atoms with van der Waals surface area (Å²) in [6, 6.07) is 4.59. The number of nitrogens with one attached hydrogen (secondary N) is 1. The maximum atomic E-state index is 12.5. The molecule has 2 unspecified atom stereocenters. The Hall–Kier alpha value is -2.20. The Balaban J connectivity index is 1.38. The van der Waals surface area contributed by atoms with Gasteiger partial charge in [-0.25, -0.2) is 0 Å². The monoisotopic (exact) mass is 437 g/mol. The molecule has 2 aromatic rings. The van der Waals surface area contributed by atoms with Crippen molar-refractivity contribution in [3.63, 3.8) is 0 Å². The molecule has 2 fully saturated rings. The van der Waals surface area contributed by atoms with E-state index in [4.69, 9.17) is 4.42 Å². The smallest absolute Gasteiger partial charge is 0.404 e. The van der Waals surface area contributed by atoms with Crippen LogP contribution < -0.4 is 5.32 Å². The number of amides is 1. The topological polar surface area (TPSA) is 106 Å². The minimum absolute atomic E-state index is 0.171. The summed E-state index contributed by atoms with van der Waals surface area (Å²) >= 11 is 3.11. The van der Waals surface area contributed by atoms with Crippen LogP contribution in [0, 0.1) is 10.1 Å². The maximum absolute atomic E-state index is 12.5. The van der Waals surface area contributed by atoms with Crippen LogP contribution in [0.25, 0.3) is 0 Å². The lowest BCUT2D eigenvalue weighted by Gasteiger charge is -2.36. The van der Waals surface area contributed by atoms with E-state index in [-0.39, 0.29) is 30.1 Å². The van der Waals surface area contributed by atoms with Gasteiger partial charge >= 0.3 is 5.82 Å². The first-order valence-electron chi connectivity index (χ1n) is 8.89. The van der Waals surface area contributed by atoms with Crippen molar-refractivity contribution in [3.05, 3.63) is 44.4 Å². The Morgan fingerprint density at radius 2 is 2.11 bits per heavy atom. The lowest BCUT2D eigenvalue weighted by molar-refractivity contribution is -0.390. The molecule has 2 aliphatic rings. The number of hydrogen-bond donors (Lipinski definition) is 1. The van der Waals surface area contributed by atoms with Crippen LogP contribution in [0.5, 0.6) is 0 Å². The second-order valence-corrected chi connectivity index (χ2v) is 8.07. The molecule has 0 aliphatic carbocycles. The number of aromatic nitrogens is 2. The van der Waals surface area contributed by atoms with Crippen LogP contribution >= 0.6 is 15.9 Å². The Morgan fingerprint density at radius 3 is 2.74 bits per heavy atom. The summed E-state index contributed by atoms with van der Waals surface area (Å²) in [7, 11) is 2.16. The van der Waals surface area contributed by atoms with E-state index in [2.05, 4.69) is 38.3 Å². The number of furan rings is 1. The number of carbonyl (C=O) groups is 1. The van der Waals surface area contributed by atoms with Crippen LogP contribution in [0.2, 0.25) is 0 Å². The van der Waals surface area contributed by atoms with Crippen molar-refractivity contribution in [1.29, 1.82) is 0 Å². The maximum Gasteiger partial charge on any atom is 0.404 e. The lowest BCUT2D eigenvalue weighted by atomic mass is 9.98. The van der Waals surface area contributed by atoms with Crippen LogP contribution in [-0.4, -0.2) is 50.7 Å². The molecule has 2 bridgehead atoms. The van der Waals surface area contributed by atoms with Crippen LogP contribution in [0.4, 0.5) is 5.82 Å². The van der Waals surface area contributed by atoms with E-state index in [1.165, 1.54) is 23.7 Å². The standard InChI is InChI=1S/C17H20BrN5O4/c1-21-11-2-3-12(21)7-10(6-11)19-17(24)15-5-4-13(27-15)8-22-9-14(18)16(20-22)23(25)26/h4-5,9-12H,2-3,6-8H2,1H3,(H,19,24). The zero-order chi connectivity index (χ0) is 19.1. The fourth-order valence-corrected chi connectivity index (χ4v) is 4.58. The highest BCUT2D eigenvalue weighted by Crippen LogP contribution is 2.34. The fraction of sp³-hybridized carbons (Fsp3) is 0.529. The molecule has 2 atom stereocenters. The first-order chi connectivity index (χ1) is 12.9. The van der Waals surface area contributed by atoms with Crippen molar-refractivity contribution in [3.8, 4) is 0 Å².